The van der Waals surface area contributed by atoms with E-state index in [2.05, 4.69) is 10.3 Å². The summed E-state index contributed by atoms with van der Waals surface area (Å²) in [6.07, 6.45) is 5.95. The number of hydrogen-bond acceptors (Lipinski definition) is 4. The Kier molecular flexibility index (Phi) is 4.12. The molecule has 0 unspecified atom stereocenters. The van der Waals surface area contributed by atoms with Crippen LogP contribution in [0.2, 0.25) is 0 Å². The third-order valence-electron chi connectivity index (χ3n) is 3.62. The van der Waals surface area contributed by atoms with Gasteiger partial charge in [-0.25, -0.2) is 4.79 Å². The predicted molar refractivity (Wildman–Crippen MR) is 70.2 cm³/mol. The number of aliphatic carboxylic acids is 1. The zero-order valence-electron chi connectivity index (χ0n) is 11.0. The van der Waals surface area contributed by atoms with E-state index in [0.717, 1.165) is 19.3 Å². The highest BCUT2D eigenvalue weighted by atomic mass is 16.4. The molecule has 0 radical (unpaired) electrons. The van der Waals surface area contributed by atoms with Crippen molar-refractivity contribution < 1.29 is 19.5 Å². The van der Waals surface area contributed by atoms with Gasteiger partial charge in [-0.05, 0) is 25.0 Å². The summed E-state index contributed by atoms with van der Waals surface area (Å²) in [5.41, 5.74) is -1.10. The van der Waals surface area contributed by atoms with Gasteiger partial charge in [-0.2, -0.15) is 0 Å². The lowest BCUT2D eigenvalue weighted by atomic mass is 9.81. The number of carboxylic acids is 1. The summed E-state index contributed by atoms with van der Waals surface area (Å²) in [5, 5.41) is 11.8. The molecule has 0 aliphatic heterocycles. The first kappa shape index (κ1) is 14.2. The second-order valence-electron chi connectivity index (χ2n) is 4.97. The second kappa shape index (κ2) is 5.81. The van der Waals surface area contributed by atoms with Crippen molar-refractivity contribution in [3.8, 4) is 0 Å². The SMILES string of the molecule is O=C(NC1(C(=O)O)CCCCC1)C(=O)c1ccncc1. The van der Waals surface area contributed by atoms with Crippen LogP contribution in [0.1, 0.15) is 42.5 Å². The van der Waals surface area contributed by atoms with E-state index in [0.29, 0.717) is 12.8 Å². The Morgan fingerprint density at radius 2 is 1.70 bits per heavy atom. The molecule has 1 aromatic rings. The minimum absolute atomic E-state index is 0.203. The average molecular weight is 276 g/mol. The topological polar surface area (TPSA) is 96.4 Å². The maximum atomic E-state index is 12.0. The molecule has 2 N–H and O–H groups in total. The lowest BCUT2D eigenvalue weighted by Gasteiger charge is -2.33. The van der Waals surface area contributed by atoms with Crippen molar-refractivity contribution in [1.29, 1.82) is 0 Å². The first-order valence-electron chi connectivity index (χ1n) is 6.55. The maximum Gasteiger partial charge on any atom is 0.329 e. The van der Waals surface area contributed by atoms with Crippen molar-refractivity contribution >= 4 is 17.7 Å². The molecule has 0 saturated heterocycles. The fourth-order valence-corrected chi connectivity index (χ4v) is 2.46. The van der Waals surface area contributed by atoms with Crippen molar-refractivity contribution in [3.05, 3.63) is 30.1 Å². The highest BCUT2D eigenvalue weighted by Gasteiger charge is 2.42. The van der Waals surface area contributed by atoms with Gasteiger partial charge in [0.1, 0.15) is 5.54 Å². The molecule has 0 spiro atoms. The molecule has 0 aromatic carbocycles. The van der Waals surface area contributed by atoms with Crippen LogP contribution in [-0.4, -0.2) is 33.3 Å². The summed E-state index contributed by atoms with van der Waals surface area (Å²) in [4.78, 5) is 39.1. The maximum absolute atomic E-state index is 12.0. The van der Waals surface area contributed by atoms with Crippen molar-refractivity contribution in [3.63, 3.8) is 0 Å². The minimum Gasteiger partial charge on any atom is -0.480 e. The van der Waals surface area contributed by atoms with Crippen molar-refractivity contribution in [2.24, 2.45) is 0 Å². The van der Waals surface area contributed by atoms with Gasteiger partial charge in [-0.3, -0.25) is 14.6 Å². The molecule has 1 fully saturated rings. The molecule has 1 aromatic heterocycles. The molecule has 0 atom stereocenters. The van der Waals surface area contributed by atoms with E-state index in [1.807, 2.05) is 0 Å². The van der Waals surface area contributed by atoms with Crippen LogP contribution in [0, 0.1) is 0 Å². The van der Waals surface area contributed by atoms with Crippen molar-refractivity contribution in [1.82, 2.24) is 10.3 Å². The van der Waals surface area contributed by atoms with Gasteiger partial charge < -0.3 is 10.4 Å². The van der Waals surface area contributed by atoms with Crippen LogP contribution < -0.4 is 5.32 Å². The Balaban J connectivity index is 2.13. The monoisotopic (exact) mass is 276 g/mol. The van der Waals surface area contributed by atoms with Gasteiger partial charge in [0, 0.05) is 18.0 Å². The fourth-order valence-electron chi connectivity index (χ4n) is 2.46. The number of nitrogens with zero attached hydrogens (tertiary/aromatic N) is 1. The number of pyridine rings is 1. The Hall–Kier alpha value is -2.24. The van der Waals surface area contributed by atoms with Gasteiger partial charge in [0.25, 0.3) is 5.91 Å². The van der Waals surface area contributed by atoms with Crippen LogP contribution in [0.15, 0.2) is 24.5 Å². The van der Waals surface area contributed by atoms with Gasteiger partial charge in [0.05, 0.1) is 0 Å². The van der Waals surface area contributed by atoms with Crippen LogP contribution in [-0.2, 0) is 9.59 Å². The predicted octanol–water partition coefficient (Wildman–Crippen LogP) is 1.17. The zero-order valence-corrected chi connectivity index (χ0v) is 11.0. The number of carbonyl (C=O) groups is 3. The lowest BCUT2D eigenvalue weighted by Crippen LogP contribution is -2.57. The molecule has 106 valence electrons. The highest BCUT2D eigenvalue weighted by molar-refractivity contribution is 6.43. The first-order valence-corrected chi connectivity index (χ1v) is 6.55. The van der Waals surface area contributed by atoms with Crippen molar-refractivity contribution in [2.45, 2.75) is 37.6 Å². The van der Waals surface area contributed by atoms with Crippen LogP contribution in [0.25, 0.3) is 0 Å². The lowest BCUT2D eigenvalue weighted by molar-refractivity contribution is -0.148. The van der Waals surface area contributed by atoms with Crippen LogP contribution in [0.5, 0.6) is 0 Å². The number of hydrogen-bond donors (Lipinski definition) is 2. The highest BCUT2D eigenvalue weighted by Crippen LogP contribution is 2.28. The molecule has 1 amide bonds. The Labute approximate surface area is 116 Å². The summed E-state index contributed by atoms with van der Waals surface area (Å²) in [6.45, 7) is 0. The number of Topliss-reactive ketones (excluding diaryl/α,β-unsaturated/α-hetero) is 1. The Morgan fingerprint density at radius 3 is 2.25 bits per heavy atom. The third-order valence-corrected chi connectivity index (χ3v) is 3.62. The molecule has 1 saturated carbocycles. The van der Waals surface area contributed by atoms with Gasteiger partial charge in [0.15, 0.2) is 0 Å². The normalized spacial score (nSPS) is 17.2. The molecule has 2 rings (SSSR count). The summed E-state index contributed by atoms with van der Waals surface area (Å²) < 4.78 is 0. The van der Waals surface area contributed by atoms with Gasteiger partial charge in [-0.1, -0.05) is 19.3 Å². The molecule has 1 heterocycles. The summed E-state index contributed by atoms with van der Waals surface area (Å²) in [7, 11) is 0. The Morgan fingerprint density at radius 1 is 1.10 bits per heavy atom. The van der Waals surface area contributed by atoms with E-state index in [4.69, 9.17) is 0 Å². The van der Waals surface area contributed by atoms with Gasteiger partial charge in [0.2, 0.25) is 5.78 Å². The molecular formula is C14H16N2O4. The van der Waals surface area contributed by atoms with Crippen LogP contribution in [0.3, 0.4) is 0 Å². The van der Waals surface area contributed by atoms with E-state index in [1.165, 1.54) is 24.5 Å². The number of carbonyl (C=O) groups excluding carboxylic acids is 2. The molecule has 20 heavy (non-hydrogen) atoms. The standard InChI is InChI=1S/C14H16N2O4/c17-11(10-4-8-15-9-5-10)12(18)16-14(13(19)20)6-2-1-3-7-14/h4-5,8-9H,1-3,6-7H2,(H,16,18)(H,19,20). The van der Waals surface area contributed by atoms with E-state index in [9.17, 15) is 19.5 Å². The molecule has 1 aliphatic rings. The van der Waals surface area contributed by atoms with Crippen molar-refractivity contribution in [2.75, 3.05) is 0 Å². The van der Waals surface area contributed by atoms with E-state index >= 15 is 0 Å². The third kappa shape index (κ3) is 2.84. The van der Waals surface area contributed by atoms with E-state index in [1.54, 1.807) is 0 Å². The summed E-state index contributed by atoms with van der Waals surface area (Å²) in [6, 6.07) is 2.85. The van der Waals surface area contributed by atoms with E-state index < -0.39 is 23.2 Å². The second-order valence-corrected chi connectivity index (χ2v) is 4.97. The number of aromatic nitrogens is 1. The smallest absolute Gasteiger partial charge is 0.329 e. The van der Waals surface area contributed by atoms with Crippen LogP contribution in [0.4, 0.5) is 0 Å². The number of rotatable bonds is 4. The summed E-state index contributed by atoms with van der Waals surface area (Å²) in [5.74, 6) is -2.69. The largest absolute Gasteiger partial charge is 0.480 e. The van der Waals surface area contributed by atoms with Crippen LogP contribution >= 0.6 is 0 Å². The Bertz CT molecular complexity index is 521. The molecule has 1 aliphatic carbocycles. The molecule has 6 nitrogen and oxygen atoms in total. The molecule has 6 heteroatoms. The van der Waals surface area contributed by atoms with Gasteiger partial charge >= 0.3 is 5.97 Å². The zero-order chi connectivity index (χ0) is 14.6. The number of carboxylic acid groups (broad SMARTS) is 1. The fraction of sp³-hybridized carbons (Fsp3) is 0.429. The number of ketones is 1. The quantitative estimate of drug-likeness (QED) is 0.635. The molecule has 0 bridgehead atoms. The first-order chi connectivity index (χ1) is 9.55. The van der Waals surface area contributed by atoms with E-state index in [-0.39, 0.29) is 5.56 Å². The average Bonchev–Trinajstić information content (AvgIpc) is 2.48. The number of nitrogens with one attached hydrogen (secondary N) is 1. The molecular weight excluding hydrogens is 260 g/mol. The van der Waals surface area contributed by atoms with Gasteiger partial charge in [-0.15, -0.1) is 0 Å². The summed E-state index contributed by atoms with van der Waals surface area (Å²) >= 11 is 0. The minimum atomic E-state index is -1.31. The number of amides is 1.